The summed E-state index contributed by atoms with van der Waals surface area (Å²) >= 11 is 12.0. The van der Waals surface area contributed by atoms with Crippen LogP contribution in [0.5, 0.6) is 0 Å². The lowest BCUT2D eigenvalue weighted by molar-refractivity contribution is -0.139. The van der Waals surface area contributed by atoms with Crippen LogP contribution < -0.4 is 10.6 Å². The lowest BCUT2D eigenvalue weighted by atomic mass is 9.62. The van der Waals surface area contributed by atoms with Gasteiger partial charge in [0, 0.05) is 28.2 Å². The maximum Gasteiger partial charge on any atom is 0.321 e. The molecular formula is C23H22Cl2F2N2O3. The molecule has 0 aliphatic carbocycles. The number of nitrogens with one attached hydrogen (secondary N) is 2. The fourth-order valence-electron chi connectivity index (χ4n) is 5.22. The molecule has 170 valence electrons. The van der Waals surface area contributed by atoms with Crippen LogP contribution in [0.15, 0.2) is 30.3 Å². The van der Waals surface area contributed by atoms with E-state index in [4.69, 9.17) is 23.2 Å². The van der Waals surface area contributed by atoms with Crippen LogP contribution in [0.4, 0.5) is 14.5 Å². The topological polar surface area (TPSA) is 78.4 Å². The van der Waals surface area contributed by atoms with Crippen molar-refractivity contribution >= 4 is 40.8 Å². The summed E-state index contributed by atoms with van der Waals surface area (Å²) in [5.41, 5.74) is -2.01. The largest absolute Gasteiger partial charge is 0.480 e. The number of carboxylic acids is 1. The first-order valence-corrected chi connectivity index (χ1v) is 10.9. The maximum absolute atomic E-state index is 15.5. The Morgan fingerprint density at radius 2 is 1.91 bits per heavy atom. The van der Waals surface area contributed by atoms with Gasteiger partial charge in [-0.3, -0.25) is 14.9 Å². The minimum Gasteiger partial charge on any atom is -0.480 e. The highest BCUT2D eigenvalue weighted by Crippen LogP contribution is 2.57. The molecule has 32 heavy (non-hydrogen) atoms. The summed E-state index contributed by atoms with van der Waals surface area (Å²) in [5.74, 6) is -4.74. The van der Waals surface area contributed by atoms with Crippen molar-refractivity contribution in [3.63, 3.8) is 0 Å². The van der Waals surface area contributed by atoms with Gasteiger partial charge >= 0.3 is 5.97 Å². The third-order valence-corrected chi connectivity index (χ3v) is 6.76. The van der Waals surface area contributed by atoms with Crippen molar-refractivity contribution in [2.75, 3.05) is 5.32 Å². The molecule has 4 rings (SSSR count). The summed E-state index contributed by atoms with van der Waals surface area (Å²) in [4.78, 5) is 26.0. The highest BCUT2D eigenvalue weighted by atomic mass is 35.5. The van der Waals surface area contributed by atoms with Crippen LogP contribution in [0.1, 0.15) is 44.2 Å². The van der Waals surface area contributed by atoms with Gasteiger partial charge in [-0.2, -0.15) is 0 Å². The first-order chi connectivity index (χ1) is 14.9. The number of carboxylic acid groups (broad SMARTS) is 1. The SMILES string of the molecule is CC(C)(C)C[C@H]1N[C@H](C(=O)O)[C@@H](c2cccc(Cl)c2F)C12C(=O)Nc1cc(Cl)cc(F)c12. The van der Waals surface area contributed by atoms with Crippen molar-refractivity contribution in [3.8, 4) is 0 Å². The Morgan fingerprint density at radius 3 is 2.53 bits per heavy atom. The molecule has 0 aromatic heterocycles. The zero-order valence-electron chi connectivity index (χ0n) is 17.6. The Morgan fingerprint density at radius 1 is 1.22 bits per heavy atom. The smallest absolute Gasteiger partial charge is 0.321 e. The number of halogens is 4. The lowest BCUT2D eigenvalue weighted by Crippen LogP contribution is -2.50. The number of carbonyl (C=O) groups is 2. The minimum atomic E-state index is -1.73. The van der Waals surface area contributed by atoms with Crippen LogP contribution in [0.25, 0.3) is 0 Å². The van der Waals surface area contributed by atoms with Gasteiger partial charge in [-0.15, -0.1) is 0 Å². The molecule has 2 aliphatic rings. The summed E-state index contributed by atoms with van der Waals surface area (Å²) in [6.07, 6.45) is 0.324. The first kappa shape index (κ1) is 23.0. The van der Waals surface area contributed by atoms with Crippen LogP contribution in [0, 0.1) is 17.0 Å². The molecule has 1 unspecified atom stereocenters. The molecule has 2 aliphatic heterocycles. The third-order valence-electron chi connectivity index (χ3n) is 6.25. The maximum atomic E-state index is 15.5. The van der Waals surface area contributed by atoms with Crippen molar-refractivity contribution in [2.45, 2.75) is 50.6 Å². The van der Waals surface area contributed by atoms with E-state index in [0.29, 0.717) is 6.42 Å². The molecule has 2 heterocycles. The number of rotatable bonds is 3. The molecule has 4 atom stereocenters. The van der Waals surface area contributed by atoms with Gasteiger partial charge in [0.15, 0.2) is 0 Å². The van der Waals surface area contributed by atoms with Gasteiger partial charge in [0.2, 0.25) is 5.91 Å². The molecule has 5 nitrogen and oxygen atoms in total. The van der Waals surface area contributed by atoms with E-state index in [1.54, 1.807) is 0 Å². The Hall–Kier alpha value is -2.22. The van der Waals surface area contributed by atoms with E-state index in [0.717, 1.165) is 6.07 Å². The molecule has 2 aromatic carbocycles. The molecule has 2 aromatic rings. The zero-order valence-corrected chi connectivity index (χ0v) is 19.1. The minimum absolute atomic E-state index is 0.0122. The predicted molar refractivity (Wildman–Crippen MR) is 118 cm³/mol. The van der Waals surface area contributed by atoms with Gasteiger partial charge in [0.05, 0.1) is 5.02 Å². The predicted octanol–water partition coefficient (Wildman–Crippen LogP) is 5.11. The molecule has 1 fully saturated rings. The second kappa shape index (κ2) is 7.68. The molecule has 9 heteroatoms. The monoisotopic (exact) mass is 482 g/mol. The Labute approximate surface area is 194 Å². The summed E-state index contributed by atoms with van der Waals surface area (Å²) in [6.45, 7) is 5.78. The molecule has 1 amide bonds. The molecular weight excluding hydrogens is 461 g/mol. The van der Waals surface area contributed by atoms with Gasteiger partial charge in [0.25, 0.3) is 0 Å². The fraction of sp³-hybridized carbons (Fsp3) is 0.391. The number of benzene rings is 2. The number of hydrogen-bond donors (Lipinski definition) is 3. The van der Waals surface area contributed by atoms with E-state index in [1.807, 2.05) is 20.8 Å². The number of carbonyl (C=O) groups excluding carboxylic acids is 1. The van der Waals surface area contributed by atoms with Gasteiger partial charge < -0.3 is 10.4 Å². The van der Waals surface area contributed by atoms with Gasteiger partial charge in [-0.25, -0.2) is 8.78 Å². The highest BCUT2D eigenvalue weighted by Gasteiger charge is 2.67. The van der Waals surface area contributed by atoms with E-state index in [2.05, 4.69) is 10.6 Å². The van der Waals surface area contributed by atoms with Crippen molar-refractivity contribution < 1.29 is 23.5 Å². The summed E-state index contributed by atoms with van der Waals surface area (Å²) in [5, 5.41) is 15.6. The summed E-state index contributed by atoms with van der Waals surface area (Å²) < 4.78 is 30.7. The number of amides is 1. The van der Waals surface area contributed by atoms with Crippen LogP contribution in [0.3, 0.4) is 0 Å². The van der Waals surface area contributed by atoms with Crippen LogP contribution in [0.2, 0.25) is 10.0 Å². The molecule has 3 N–H and O–H groups in total. The molecule has 1 saturated heterocycles. The van der Waals surface area contributed by atoms with Crippen molar-refractivity contribution in [3.05, 3.63) is 63.1 Å². The fourth-order valence-corrected chi connectivity index (χ4v) is 5.60. The van der Waals surface area contributed by atoms with Gasteiger partial charge in [-0.05, 0) is 35.6 Å². The van der Waals surface area contributed by atoms with E-state index in [9.17, 15) is 14.7 Å². The normalized spacial score (nSPS) is 27.0. The van der Waals surface area contributed by atoms with Crippen LogP contribution in [-0.4, -0.2) is 29.1 Å². The van der Waals surface area contributed by atoms with Gasteiger partial charge in [-0.1, -0.05) is 56.1 Å². The summed E-state index contributed by atoms with van der Waals surface area (Å²) in [7, 11) is 0. The number of fused-ring (bicyclic) bond motifs is 2. The van der Waals surface area contributed by atoms with E-state index < -0.39 is 46.9 Å². The number of aliphatic carboxylic acids is 1. The number of anilines is 1. The molecule has 0 radical (unpaired) electrons. The van der Waals surface area contributed by atoms with Crippen LogP contribution in [-0.2, 0) is 15.0 Å². The van der Waals surface area contributed by atoms with Crippen molar-refractivity contribution in [1.82, 2.24) is 5.32 Å². The number of hydrogen-bond acceptors (Lipinski definition) is 3. The Bertz CT molecular complexity index is 1130. The quantitative estimate of drug-likeness (QED) is 0.568. The van der Waals surface area contributed by atoms with Crippen LogP contribution >= 0.6 is 23.2 Å². The summed E-state index contributed by atoms with van der Waals surface area (Å²) in [6, 6.07) is 4.54. The van der Waals surface area contributed by atoms with E-state index >= 15 is 8.78 Å². The molecule has 1 spiro atoms. The average Bonchev–Trinajstić information content (AvgIpc) is 3.13. The van der Waals surface area contributed by atoms with Crippen molar-refractivity contribution in [1.29, 1.82) is 0 Å². The molecule has 0 saturated carbocycles. The third kappa shape index (κ3) is 3.38. The van der Waals surface area contributed by atoms with E-state index in [1.165, 1.54) is 24.3 Å². The standard InChI is InChI=1S/C23H22Cl2F2N2O3/c1-22(2,3)9-15-23(17-13(26)7-10(24)8-14(17)28-21(23)32)16(19(29-15)20(30)31)11-5-4-6-12(25)18(11)27/h4-8,15-16,19,29H,9H2,1-3H3,(H,28,32)(H,30,31)/t15-,16-,19+,23?/m1/s1. The Balaban J connectivity index is 2.08. The zero-order chi connectivity index (χ0) is 23.6. The average molecular weight is 483 g/mol. The lowest BCUT2D eigenvalue weighted by Gasteiger charge is -2.37. The first-order valence-electron chi connectivity index (χ1n) is 10.1. The van der Waals surface area contributed by atoms with Crippen molar-refractivity contribution in [2.24, 2.45) is 5.41 Å². The molecule has 0 bridgehead atoms. The van der Waals surface area contributed by atoms with E-state index in [-0.39, 0.29) is 32.3 Å². The highest BCUT2D eigenvalue weighted by molar-refractivity contribution is 6.31. The second-order valence-electron chi connectivity index (χ2n) is 9.55. The van der Waals surface area contributed by atoms with Gasteiger partial charge in [0.1, 0.15) is 23.1 Å². The second-order valence-corrected chi connectivity index (χ2v) is 10.4. The Kier molecular flexibility index (Phi) is 5.51.